The average Bonchev–Trinajstić information content (AvgIpc) is 2.90. The maximum absolute atomic E-state index is 4.81. The first-order chi connectivity index (χ1) is 8.81. The summed E-state index contributed by atoms with van der Waals surface area (Å²) in [4.78, 5) is 12.0. The van der Waals surface area contributed by atoms with Crippen molar-refractivity contribution in [3.63, 3.8) is 0 Å². The molecule has 0 saturated carbocycles. The summed E-state index contributed by atoms with van der Waals surface area (Å²) >= 11 is 0. The van der Waals surface area contributed by atoms with Gasteiger partial charge in [0, 0.05) is 42.9 Å². The number of aromatic nitrogens is 2. The zero-order chi connectivity index (χ0) is 12.1. The van der Waals surface area contributed by atoms with Gasteiger partial charge in [0.25, 0.3) is 0 Å². The van der Waals surface area contributed by atoms with Gasteiger partial charge in [-0.3, -0.25) is 0 Å². The van der Waals surface area contributed by atoms with Crippen molar-refractivity contribution in [3.8, 4) is 0 Å². The molecule has 1 aromatic heterocycles. The van der Waals surface area contributed by atoms with Gasteiger partial charge in [0.1, 0.15) is 5.82 Å². The summed E-state index contributed by atoms with van der Waals surface area (Å²) in [7, 11) is 2.28. The van der Waals surface area contributed by atoms with E-state index in [4.69, 9.17) is 4.98 Å². The third-order valence-electron chi connectivity index (χ3n) is 5.04. The van der Waals surface area contributed by atoms with Gasteiger partial charge in [-0.1, -0.05) is 0 Å². The Labute approximate surface area is 108 Å². The number of piperidine rings is 1. The lowest BCUT2D eigenvalue weighted by Crippen LogP contribution is -2.39. The van der Waals surface area contributed by atoms with Crippen molar-refractivity contribution in [1.29, 1.82) is 0 Å². The van der Waals surface area contributed by atoms with Crippen LogP contribution in [-0.4, -0.2) is 34.0 Å². The normalized spacial score (nSPS) is 34.8. The molecule has 3 aliphatic rings. The number of hydrogen-bond acceptors (Lipinski definition) is 4. The van der Waals surface area contributed by atoms with Crippen LogP contribution in [0.25, 0.3) is 0 Å². The predicted octanol–water partition coefficient (Wildman–Crippen LogP) is 1.42. The van der Waals surface area contributed by atoms with E-state index < -0.39 is 0 Å². The van der Waals surface area contributed by atoms with Crippen molar-refractivity contribution in [1.82, 2.24) is 20.2 Å². The Balaban J connectivity index is 1.61. The van der Waals surface area contributed by atoms with E-state index in [0.29, 0.717) is 5.92 Å². The maximum atomic E-state index is 4.81. The van der Waals surface area contributed by atoms with Gasteiger partial charge in [0.2, 0.25) is 0 Å². The molecule has 18 heavy (non-hydrogen) atoms. The molecule has 2 fully saturated rings. The van der Waals surface area contributed by atoms with Crippen LogP contribution in [0.2, 0.25) is 0 Å². The molecular formula is C14H20N4. The van der Waals surface area contributed by atoms with Crippen molar-refractivity contribution in [2.24, 2.45) is 0 Å². The zero-order valence-electron chi connectivity index (χ0n) is 10.9. The van der Waals surface area contributed by atoms with E-state index in [1.165, 1.54) is 36.9 Å². The van der Waals surface area contributed by atoms with Crippen molar-refractivity contribution in [2.75, 3.05) is 7.05 Å². The molecule has 2 atom stereocenters. The van der Waals surface area contributed by atoms with Crippen LogP contribution in [0.1, 0.15) is 48.7 Å². The Morgan fingerprint density at radius 2 is 2.00 bits per heavy atom. The molecule has 1 N–H and O–H groups in total. The van der Waals surface area contributed by atoms with E-state index in [0.717, 1.165) is 31.0 Å². The molecule has 2 bridgehead atoms. The van der Waals surface area contributed by atoms with Gasteiger partial charge in [-0.25, -0.2) is 9.97 Å². The Bertz CT molecular complexity index is 459. The van der Waals surface area contributed by atoms with Crippen molar-refractivity contribution >= 4 is 0 Å². The molecule has 4 heterocycles. The van der Waals surface area contributed by atoms with Crippen molar-refractivity contribution < 1.29 is 0 Å². The minimum absolute atomic E-state index is 0.588. The molecule has 4 nitrogen and oxygen atoms in total. The smallest absolute Gasteiger partial charge is 0.131 e. The van der Waals surface area contributed by atoms with Gasteiger partial charge in [-0.15, -0.1) is 0 Å². The molecule has 4 heteroatoms. The number of nitrogens with zero attached hydrogens (tertiary/aromatic N) is 3. The Hall–Kier alpha value is -1.00. The Morgan fingerprint density at radius 1 is 1.22 bits per heavy atom. The number of hydrogen-bond donors (Lipinski definition) is 1. The van der Waals surface area contributed by atoms with Gasteiger partial charge in [-0.2, -0.15) is 0 Å². The summed E-state index contributed by atoms with van der Waals surface area (Å²) in [5, 5.41) is 3.34. The standard InChI is InChI=1S/C14H20N4/c1-18-11-2-3-12(18)5-9(4-11)14-16-7-10-6-15-8-13(10)17-14/h7,9,11-12,15H,2-6,8H2,1H3. The van der Waals surface area contributed by atoms with Crippen LogP contribution in [0, 0.1) is 0 Å². The summed E-state index contributed by atoms with van der Waals surface area (Å²) in [6.07, 6.45) is 7.27. The Kier molecular flexibility index (Phi) is 2.42. The molecule has 0 aliphatic carbocycles. The van der Waals surface area contributed by atoms with Gasteiger partial charge in [0.15, 0.2) is 0 Å². The molecule has 0 radical (unpaired) electrons. The van der Waals surface area contributed by atoms with Gasteiger partial charge < -0.3 is 10.2 Å². The van der Waals surface area contributed by atoms with Gasteiger partial charge in [-0.05, 0) is 32.7 Å². The fraction of sp³-hybridized carbons (Fsp3) is 0.714. The SMILES string of the molecule is CN1C2CCC1CC(c1ncc3c(n1)CNC3)C2. The third-order valence-corrected chi connectivity index (χ3v) is 5.04. The van der Waals surface area contributed by atoms with Crippen LogP contribution in [-0.2, 0) is 13.1 Å². The highest BCUT2D eigenvalue weighted by Gasteiger charge is 2.39. The first-order valence-electron chi connectivity index (χ1n) is 7.08. The third kappa shape index (κ3) is 1.59. The Morgan fingerprint density at radius 3 is 2.78 bits per heavy atom. The summed E-state index contributed by atoms with van der Waals surface area (Å²) < 4.78 is 0. The van der Waals surface area contributed by atoms with E-state index in [2.05, 4.69) is 22.2 Å². The van der Waals surface area contributed by atoms with Crippen LogP contribution in [0.3, 0.4) is 0 Å². The number of rotatable bonds is 1. The average molecular weight is 244 g/mol. The highest BCUT2D eigenvalue weighted by Crippen LogP contribution is 2.41. The quantitative estimate of drug-likeness (QED) is 0.811. The molecule has 2 saturated heterocycles. The molecular weight excluding hydrogens is 224 g/mol. The van der Waals surface area contributed by atoms with E-state index in [1.54, 1.807) is 0 Å². The maximum Gasteiger partial charge on any atom is 0.131 e. The predicted molar refractivity (Wildman–Crippen MR) is 69.1 cm³/mol. The first kappa shape index (κ1) is 10.9. The largest absolute Gasteiger partial charge is 0.307 e. The minimum atomic E-state index is 0.588. The molecule has 3 aliphatic heterocycles. The van der Waals surface area contributed by atoms with Crippen LogP contribution in [0.15, 0.2) is 6.20 Å². The second-order valence-corrected chi connectivity index (χ2v) is 6.02. The second kappa shape index (κ2) is 4.00. The zero-order valence-corrected chi connectivity index (χ0v) is 10.9. The lowest BCUT2D eigenvalue weighted by molar-refractivity contribution is 0.159. The summed E-state index contributed by atoms with van der Waals surface area (Å²) in [6, 6.07) is 1.53. The topological polar surface area (TPSA) is 41.1 Å². The van der Waals surface area contributed by atoms with E-state index in [-0.39, 0.29) is 0 Å². The number of nitrogens with one attached hydrogen (secondary N) is 1. The summed E-state index contributed by atoms with van der Waals surface area (Å²) in [6.45, 7) is 1.86. The summed E-state index contributed by atoms with van der Waals surface area (Å²) in [5.74, 6) is 1.69. The molecule has 2 unspecified atom stereocenters. The van der Waals surface area contributed by atoms with Crippen molar-refractivity contribution in [3.05, 3.63) is 23.3 Å². The van der Waals surface area contributed by atoms with Gasteiger partial charge >= 0.3 is 0 Å². The molecule has 0 amide bonds. The first-order valence-corrected chi connectivity index (χ1v) is 7.08. The van der Waals surface area contributed by atoms with E-state index in [1.807, 2.05) is 6.20 Å². The molecule has 0 spiro atoms. The van der Waals surface area contributed by atoms with Crippen molar-refractivity contribution in [2.45, 2.75) is 56.8 Å². The second-order valence-electron chi connectivity index (χ2n) is 6.02. The molecule has 4 rings (SSSR count). The summed E-state index contributed by atoms with van der Waals surface area (Å²) in [5.41, 5.74) is 2.51. The fourth-order valence-electron chi connectivity index (χ4n) is 3.89. The van der Waals surface area contributed by atoms with E-state index in [9.17, 15) is 0 Å². The monoisotopic (exact) mass is 244 g/mol. The lowest BCUT2D eigenvalue weighted by atomic mass is 9.90. The highest BCUT2D eigenvalue weighted by atomic mass is 15.2. The van der Waals surface area contributed by atoms with Gasteiger partial charge in [0.05, 0.1) is 5.69 Å². The molecule has 1 aromatic rings. The minimum Gasteiger partial charge on any atom is -0.307 e. The van der Waals surface area contributed by atoms with Crippen LogP contribution in [0.5, 0.6) is 0 Å². The van der Waals surface area contributed by atoms with Crippen LogP contribution >= 0.6 is 0 Å². The molecule has 0 aromatic carbocycles. The lowest BCUT2D eigenvalue weighted by Gasteiger charge is -2.35. The van der Waals surface area contributed by atoms with Crippen LogP contribution in [0.4, 0.5) is 0 Å². The number of fused-ring (bicyclic) bond motifs is 3. The van der Waals surface area contributed by atoms with E-state index >= 15 is 0 Å². The molecule has 96 valence electrons. The highest BCUT2D eigenvalue weighted by molar-refractivity contribution is 5.22. The fourth-order valence-corrected chi connectivity index (χ4v) is 3.89. The van der Waals surface area contributed by atoms with Crippen LogP contribution < -0.4 is 5.32 Å².